The van der Waals surface area contributed by atoms with Crippen molar-refractivity contribution < 1.29 is 19.8 Å². The summed E-state index contributed by atoms with van der Waals surface area (Å²) in [5.41, 5.74) is 7.49. The van der Waals surface area contributed by atoms with Crippen molar-refractivity contribution in [3.05, 3.63) is 276 Å². The molecule has 1 atom stereocenters. The van der Waals surface area contributed by atoms with E-state index < -0.39 is 6.83 Å². The van der Waals surface area contributed by atoms with Crippen molar-refractivity contribution in [1.82, 2.24) is 0 Å². The number of phenolic OH excluding ortho intramolecular Hbond substituents is 3. The molecule has 62 heavy (non-hydrogen) atoms. The van der Waals surface area contributed by atoms with Crippen LogP contribution in [0.1, 0.15) is 50.8 Å². The van der Waals surface area contributed by atoms with Crippen molar-refractivity contribution in [3.8, 4) is 23.0 Å². The average molecular weight is 827 g/mol. The monoisotopic (exact) mass is 826 g/mol. The molecular formula is C57H47O4P. The first kappa shape index (κ1) is 40.0. The summed E-state index contributed by atoms with van der Waals surface area (Å²) in [6.07, 6.45) is 0. The van der Waals surface area contributed by atoms with E-state index >= 15 is 0 Å². The van der Waals surface area contributed by atoms with Gasteiger partial charge >= 0.3 is 295 Å². The van der Waals surface area contributed by atoms with Gasteiger partial charge in [0.15, 0.2) is 0 Å². The van der Waals surface area contributed by atoms with E-state index in [9.17, 15) is 15.3 Å². The second-order valence-corrected chi connectivity index (χ2v) is 20.2. The summed E-state index contributed by atoms with van der Waals surface area (Å²) in [5.74, 6) is 1.08. The van der Waals surface area contributed by atoms with Gasteiger partial charge in [0, 0.05) is 0 Å². The van der Waals surface area contributed by atoms with Gasteiger partial charge in [0.2, 0.25) is 0 Å². The van der Waals surface area contributed by atoms with Gasteiger partial charge in [-0.15, -0.1) is 0 Å². The molecule has 0 bridgehead atoms. The standard InChI is InChI=1S/C57H47O4P/c1-41-17-39-55(40-18-41)62(52-11-5-2-6-12-52,53-13-7-3-8-14-53,54-15-9-4-10-16-54)61-51-37-29-47(30-38-51)57(46-27-35-50(60)36-28-46)43-21-19-42(20-22-43)56(44-23-31-48(58)32-24-44)45-25-33-49(59)34-26-45/h2-40,56-60H,1H3. The molecule has 4 nitrogen and oxygen atoms in total. The van der Waals surface area contributed by atoms with Gasteiger partial charge in [0.25, 0.3) is 0 Å². The van der Waals surface area contributed by atoms with Crippen LogP contribution >= 0.6 is 6.83 Å². The van der Waals surface area contributed by atoms with Gasteiger partial charge in [0.05, 0.1) is 0 Å². The molecule has 0 fully saturated rings. The third kappa shape index (κ3) is 7.29. The maximum absolute atomic E-state index is 10.3. The van der Waals surface area contributed by atoms with Gasteiger partial charge in [0.1, 0.15) is 11.5 Å². The Balaban J connectivity index is 1.18. The second-order valence-electron chi connectivity index (χ2n) is 15.8. The minimum absolute atomic E-state index is 0.127. The molecule has 0 amide bonds. The molecular weight excluding hydrogens is 780 g/mol. The molecule has 1 unspecified atom stereocenters. The fourth-order valence-corrected chi connectivity index (χ4v) is 14.7. The number of benzene rings is 9. The zero-order valence-electron chi connectivity index (χ0n) is 34.4. The van der Waals surface area contributed by atoms with Gasteiger partial charge in [-0.05, 0) is 24.3 Å². The zero-order valence-corrected chi connectivity index (χ0v) is 35.3. The number of hydrogen-bond donors (Lipinski definition) is 3. The van der Waals surface area contributed by atoms with E-state index in [0.29, 0.717) is 0 Å². The quantitative estimate of drug-likeness (QED) is 0.0848. The average Bonchev–Trinajstić information content (AvgIpc) is 3.32. The van der Waals surface area contributed by atoms with Crippen molar-refractivity contribution in [2.45, 2.75) is 18.8 Å². The van der Waals surface area contributed by atoms with Crippen molar-refractivity contribution in [2.75, 3.05) is 0 Å². The summed E-state index contributed by atoms with van der Waals surface area (Å²) >= 11 is 0. The first-order valence-electron chi connectivity index (χ1n) is 20.8. The minimum atomic E-state index is -3.97. The third-order valence-corrected chi connectivity index (χ3v) is 17.8. The van der Waals surface area contributed by atoms with Crippen molar-refractivity contribution in [1.29, 1.82) is 0 Å². The van der Waals surface area contributed by atoms with Crippen LogP contribution in [0.25, 0.3) is 0 Å². The molecule has 9 aromatic rings. The summed E-state index contributed by atoms with van der Waals surface area (Å²) in [5, 5.41) is 34.9. The molecule has 0 aliphatic carbocycles. The molecule has 0 aliphatic heterocycles. The molecule has 0 spiro atoms. The molecule has 9 aromatic carbocycles. The number of hydrogen-bond acceptors (Lipinski definition) is 4. The molecule has 3 N–H and O–H groups in total. The summed E-state index contributed by atoms with van der Waals surface area (Å²) in [4.78, 5) is 0. The predicted molar refractivity (Wildman–Crippen MR) is 256 cm³/mol. The predicted octanol–water partition coefficient (Wildman–Crippen LogP) is 11.6. The first-order chi connectivity index (χ1) is 30.3. The van der Waals surface area contributed by atoms with Crippen LogP contribution in [0.4, 0.5) is 0 Å². The Bertz CT molecular complexity index is 2720. The first-order valence-corrected chi connectivity index (χ1v) is 23.0. The maximum atomic E-state index is 10.3. The summed E-state index contributed by atoms with van der Waals surface area (Å²) in [6, 6.07) is 80.2. The number of aryl methyl sites for hydroxylation is 1. The van der Waals surface area contributed by atoms with E-state index in [-0.39, 0.29) is 29.1 Å². The molecule has 0 heterocycles. The van der Waals surface area contributed by atoms with Crippen LogP contribution in [0.3, 0.4) is 0 Å². The Morgan fingerprint density at radius 2 is 0.565 bits per heavy atom. The Morgan fingerprint density at radius 3 is 0.871 bits per heavy atom. The van der Waals surface area contributed by atoms with Crippen LogP contribution in [0.5, 0.6) is 23.0 Å². The molecule has 9 rings (SSSR count). The van der Waals surface area contributed by atoms with Crippen LogP contribution in [-0.4, -0.2) is 15.3 Å². The van der Waals surface area contributed by atoms with Gasteiger partial charge in [-0.1, -0.05) is 24.3 Å². The molecule has 0 radical (unpaired) electrons. The molecule has 5 heteroatoms. The van der Waals surface area contributed by atoms with Gasteiger partial charge < -0.3 is 10.2 Å². The van der Waals surface area contributed by atoms with Gasteiger partial charge in [-0.2, -0.15) is 0 Å². The molecule has 304 valence electrons. The van der Waals surface area contributed by atoms with Crippen LogP contribution in [-0.2, 0) is 0 Å². The van der Waals surface area contributed by atoms with Crippen LogP contribution in [0.15, 0.2) is 237 Å². The van der Waals surface area contributed by atoms with E-state index in [1.165, 1.54) is 5.56 Å². The second kappa shape index (κ2) is 16.9. The van der Waals surface area contributed by atoms with E-state index in [4.69, 9.17) is 4.52 Å². The summed E-state index contributed by atoms with van der Waals surface area (Å²) in [7, 11) is 0. The Kier molecular flexibility index (Phi) is 10.9. The number of rotatable bonds is 12. The molecule has 0 saturated heterocycles. The summed E-state index contributed by atoms with van der Waals surface area (Å²) in [6.45, 7) is -1.85. The molecule has 0 saturated carbocycles. The number of aromatic hydroxyl groups is 3. The Hall–Kier alpha value is -7.39. The van der Waals surface area contributed by atoms with E-state index in [1.807, 2.05) is 36.4 Å². The van der Waals surface area contributed by atoms with E-state index in [2.05, 4.69) is 171 Å². The molecule has 0 aromatic heterocycles. The topological polar surface area (TPSA) is 69.9 Å². The van der Waals surface area contributed by atoms with E-state index in [0.717, 1.165) is 60.3 Å². The van der Waals surface area contributed by atoms with Gasteiger partial charge in [-0.25, -0.2) is 0 Å². The fourth-order valence-electron chi connectivity index (χ4n) is 9.04. The van der Waals surface area contributed by atoms with E-state index in [1.54, 1.807) is 36.4 Å². The zero-order chi connectivity index (χ0) is 42.5. The third-order valence-electron chi connectivity index (χ3n) is 12.1. The normalized spacial score (nSPS) is 12.6. The van der Waals surface area contributed by atoms with Crippen molar-refractivity contribution in [3.63, 3.8) is 0 Å². The summed E-state index contributed by atoms with van der Waals surface area (Å²) < 4.78 is 7.94. The van der Waals surface area contributed by atoms with Gasteiger partial charge in [-0.3, -0.25) is 0 Å². The SMILES string of the molecule is Cc1ccc(P(Oc2ccc(C(c3ccc(O)cc3)c3ccc(C(c4ccc(O)cc4)c4ccc(O)cc4)cc3)cc2)(c2ccccc2)(c2ccccc2)c2ccccc2)cc1. The fraction of sp³-hybridized carbons (Fsp3) is 0.0526. The Morgan fingerprint density at radius 1 is 0.306 bits per heavy atom. The van der Waals surface area contributed by atoms with Crippen molar-refractivity contribution in [2.24, 2.45) is 0 Å². The van der Waals surface area contributed by atoms with Crippen LogP contribution < -0.4 is 25.7 Å². The Labute approximate surface area is 363 Å². The van der Waals surface area contributed by atoms with Crippen LogP contribution in [0, 0.1) is 6.92 Å². The van der Waals surface area contributed by atoms with Crippen molar-refractivity contribution >= 4 is 28.0 Å². The van der Waals surface area contributed by atoms with Crippen LogP contribution in [0.2, 0.25) is 0 Å². The molecule has 0 aliphatic rings. The number of phenols is 3.